The summed E-state index contributed by atoms with van der Waals surface area (Å²) in [6.07, 6.45) is 6.55. The highest BCUT2D eigenvalue weighted by molar-refractivity contribution is 6.14. The first-order chi connectivity index (χ1) is 18.9. The van der Waals surface area contributed by atoms with Crippen molar-refractivity contribution in [3.8, 4) is 5.69 Å². The van der Waals surface area contributed by atoms with Gasteiger partial charge in [-0.1, -0.05) is 103 Å². The summed E-state index contributed by atoms with van der Waals surface area (Å²) >= 11 is 0. The molecule has 3 nitrogen and oxygen atoms in total. The second kappa shape index (κ2) is 8.25. The van der Waals surface area contributed by atoms with Gasteiger partial charge in [0, 0.05) is 27.2 Å². The lowest BCUT2D eigenvalue weighted by molar-refractivity contribution is 0.588. The minimum absolute atomic E-state index is 0.0353. The van der Waals surface area contributed by atoms with Crippen molar-refractivity contribution < 1.29 is 0 Å². The number of fused-ring (bicyclic) bond motifs is 6. The predicted molar refractivity (Wildman–Crippen MR) is 160 cm³/mol. The number of para-hydroxylation sites is 4. The van der Waals surface area contributed by atoms with Crippen molar-refractivity contribution in [2.45, 2.75) is 6.17 Å². The van der Waals surface area contributed by atoms with Crippen molar-refractivity contribution in [2.75, 3.05) is 0 Å². The van der Waals surface area contributed by atoms with E-state index in [9.17, 15) is 0 Å². The van der Waals surface area contributed by atoms with E-state index in [1.54, 1.807) is 0 Å². The number of allylic oxidation sites excluding steroid dienone is 2. The van der Waals surface area contributed by atoms with Gasteiger partial charge in [-0.15, -0.1) is 0 Å². The monoisotopic (exact) mass is 487 g/mol. The number of rotatable bonds is 3. The smallest absolute Gasteiger partial charge is 0.123 e. The van der Waals surface area contributed by atoms with E-state index in [1.807, 2.05) is 0 Å². The Morgan fingerprint density at radius 1 is 0.526 bits per heavy atom. The maximum atomic E-state index is 3.83. The first kappa shape index (κ1) is 21.1. The SMILES string of the molecule is C1=CC(n2c3ccccc3c3cccc(-n4c5ccccc5c5ccccc54)c32)NC(c2ccccc2)=C1. The molecule has 0 fully saturated rings. The molecule has 0 amide bonds. The van der Waals surface area contributed by atoms with Crippen LogP contribution in [0.15, 0.2) is 140 Å². The lowest BCUT2D eigenvalue weighted by atomic mass is 10.1. The summed E-state index contributed by atoms with van der Waals surface area (Å²) in [6.45, 7) is 0. The fraction of sp³-hybridized carbons (Fsp3) is 0.0286. The van der Waals surface area contributed by atoms with Crippen molar-refractivity contribution in [2.24, 2.45) is 0 Å². The van der Waals surface area contributed by atoms with Gasteiger partial charge in [0.05, 0.1) is 27.8 Å². The van der Waals surface area contributed by atoms with Crippen LogP contribution in [0.3, 0.4) is 0 Å². The molecule has 5 aromatic carbocycles. The second-order valence-electron chi connectivity index (χ2n) is 9.85. The van der Waals surface area contributed by atoms with Crippen LogP contribution in [-0.4, -0.2) is 9.13 Å². The molecule has 3 heteroatoms. The predicted octanol–water partition coefficient (Wildman–Crippen LogP) is 8.59. The maximum Gasteiger partial charge on any atom is 0.123 e. The lowest BCUT2D eigenvalue weighted by Gasteiger charge is -2.26. The second-order valence-corrected chi connectivity index (χ2v) is 9.85. The molecule has 0 saturated carbocycles. The van der Waals surface area contributed by atoms with E-state index in [1.165, 1.54) is 54.9 Å². The van der Waals surface area contributed by atoms with Crippen molar-refractivity contribution >= 4 is 49.3 Å². The highest BCUT2D eigenvalue weighted by Crippen LogP contribution is 2.39. The Morgan fingerprint density at radius 3 is 1.82 bits per heavy atom. The minimum atomic E-state index is -0.0353. The standard InChI is InChI=1S/C35H25N3/c1-2-12-24(13-3-1)29-18-11-23-34(36-29)38-32-21-9-6-16-27(32)28-17-10-22-33(35(28)38)37-30-19-7-4-14-25(30)26-15-5-8-20-31(26)37/h1-23,34,36H. The highest BCUT2D eigenvalue weighted by atomic mass is 15.2. The molecule has 0 spiro atoms. The third-order valence-electron chi connectivity index (χ3n) is 7.75. The molecule has 1 unspecified atom stereocenters. The molecule has 0 bridgehead atoms. The number of hydrogen-bond acceptors (Lipinski definition) is 1. The molecule has 2 aromatic heterocycles. The fourth-order valence-corrected chi connectivity index (χ4v) is 6.15. The van der Waals surface area contributed by atoms with Gasteiger partial charge < -0.3 is 14.5 Å². The van der Waals surface area contributed by atoms with Gasteiger partial charge in [-0.05, 0) is 42.0 Å². The normalized spacial score (nSPS) is 15.4. The lowest BCUT2D eigenvalue weighted by Crippen LogP contribution is -2.26. The van der Waals surface area contributed by atoms with E-state index in [0.29, 0.717) is 0 Å². The summed E-state index contributed by atoms with van der Waals surface area (Å²) in [5.74, 6) is 0. The van der Waals surface area contributed by atoms with E-state index >= 15 is 0 Å². The minimum Gasteiger partial charge on any atom is -0.361 e. The Hall–Kier alpha value is -5.02. The first-order valence-corrected chi connectivity index (χ1v) is 13.1. The van der Waals surface area contributed by atoms with E-state index < -0.39 is 0 Å². The molecule has 1 atom stereocenters. The van der Waals surface area contributed by atoms with Crippen molar-refractivity contribution in [1.82, 2.24) is 14.5 Å². The third-order valence-corrected chi connectivity index (χ3v) is 7.75. The van der Waals surface area contributed by atoms with Crippen molar-refractivity contribution in [3.05, 3.63) is 145 Å². The molecule has 180 valence electrons. The zero-order valence-electron chi connectivity index (χ0n) is 20.8. The molecule has 0 radical (unpaired) electrons. The number of benzene rings is 5. The summed E-state index contributed by atoms with van der Waals surface area (Å²) in [5, 5.41) is 8.89. The molecule has 0 saturated heterocycles. The molecule has 8 rings (SSSR count). The summed E-state index contributed by atoms with van der Waals surface area (Å²) in [6, 6.07) is 43.5. The average Bonchev–Trinajstić information content (AvgIpc) is 3.51. The van der Waals surface area contributed by atoms with E-state index in [-0.39, 0.29) is 6.17 Å². The molecule has 38 heavy (non-hydrogen) atoms. The molecule has 1 N–H and O–H groups in total. The molecule has 1 aliphatic heterocycles. The van der Waals surface area contributed by atoms with Gasteiger partial charge in [-0.2, -0.15) is 0 Å². The maximum absolute atomic E-state index is 3.83. The number of nitrogens with zero attached hydrogens (tertiary/aromatic N) is 2. The van der Waals surface area contributed by atoms with Gasteiger partial charge in [-0.3, -0.25) is 0 Å². The van der Waals surface area contributed by atoms with Gasteiger partial charge >= 0.3 is 0 Å². The largest absolute Gasteiger partial charge is 0.361 e. The van der Waals surface area contributed by atoms with E-state index in [2.05, 4.69) is 154 Å². The Labute approximate surface area is 220 Å². The Kier molecular flexibility index (Phi) is 4.58. The first-order valence-electron chi connectivity index (χ1n) is 13.1. The third kappa shape index (κ3) is 3.02. The van der Waals surface area contributed by atoms with Crippen LogP contribution < -0.4 is 5.32 Å². The van der Waals surface area contributed by atoms with E-state index in [4.69, 9.17) is 0 Å². The van der Waals surface area contributed by atoms with Gasteiger partial charge in [-0.25, -0.2) is 0 Å². The highest BCUT2D eigenvalue weighted by Gasteiger charge is 2.23. The fourth-order valence-electron chi connectivity index (χ4n) is 6.15. The van der Waals surface area contributed by atoms with E-state index in [0.717, 1.165) is 5.70 Å². The summed E-state index contributed by atoms with van der Waals surface area (Å²) < 4.78 is 4.90. The van der Waals surface area contributed by atoms with Crippen LogP contribution in [-0.2, 0) is 0 Å². The van der Waals surface area contributed by atoms with Crippen LogP contribution in [0.4, 0.5) is 0 Å². The molecule has 3 heterocycles. The molecule has 0 aliphatic carbocycles. The Balaban J connectivity index is 1.44. The average molecular weight is 488 g/mol. The number of hydrogen-bond donors (Lipinski definition) is 1. The number of dihydropyridines is 1. The number of nitrogens with one attached hydrogen (secondary N) is 1. The summed E-state index contributed by atoms with van der Waals surface area (Å²) in [4.78, 5) is 0. The van der Waals surface area contributed by atoms with Gasteiger partial charge in [0.1, 0.15) is 6.17 Å². The molecular formula is C35H25N3. The van der Waals surface area contributed by atoms with Crippen molar-refractivity contribution in [3.63, 3.8) is 0 Å². The van der Waals surface area contributed by atoms with Gasteiger partial charge in [0.2, 0.25) is 0 Å². The molecular weight excluding hydrogens is 462 g/mol. The Morgan fingerprint density at radius 2 is 1.11 bits per heavy atom. The van der Waals surface area contributed by atoms with Crippen LogP contribution in [0.5, 0.6) is 0 Å². The van der Waals surface area contributed by atoms with Gasteiger partial charge in [0.15, 0.2) is 0 Å². The molecule has 7 aromatic rings. The zero-order chi connectivity index (χ0) is 25.1. The van der Waals surface area contributed by atoms with Gasteiger partial charge in [0.25, 0.3) is 0 Å². The summed E-state index contributed by atoms with van der Waals surface area (Å²) in [7, 11) is 0. The van der Waals surface area contributed by atoms with Crippen LogP contribution in [0.1, 0.15) is 11.7 Å². The Bertz CT molecular complexity index is 2000. The molecule has 1 aliphatic rings. The van der Waals surface area contributed by atoms with Crippen molar-refractivity contribution in [1.29, 1.82) is 0 Å². The number of aromatic nitrogens is 2. The van der Waals surface area contributed by atoms with Crippen LogP contribution in [0, 0.1) is 0 Å². The van der Waals surface area contributed by atoms with Crippen LogP contribution >= 0.6 is 0 Å². The quantitative estimate of drug-likeness (QED) is 0.265. The van der Waals surface area contributed by atoms with Crippen LogP contribution in [0.2, 0.25) is 0 Å². The van der Waals surface area contributed by atoms with Crippen LogP contribution in [0.25, 0.3) is 55.0 Å². The summed E-state index contributed by atoms with van der Waals surface area (Å²) in [5.41, 5.74) is 8.36. The zero-order valence-corrected chi connectivity index (χ0v) is 20.8. The topological polar surface area (TPSA) is 21.9 Å².